The van der Waals surface area contributed by atoms with Crippen LogP contribution in [0.5, 0.6) is 0 Å². The SMILES string of the molecule is CCS(=O)(=O)c1cccc(C(=O)NC(=O)c2ccc3c(c2)CN(C2CCC(=O)NC2=O)C3)c1. The average molecular weight is 470 g/mol. The maximum atomic E-state index is 12.7. The van der Waals surface area contributed by atoms with Crippen molar-refractivity contribution in [3.05, 3.63) is 64.7 Å². The zero-order valence-electron chi connectivity index (χ0n) is 18.0. The van der Waals surface area contributed by atoms with E-state index in [9.17, 15) is 27.6 Å². The summed E-state index contributed by atoms with van der Waals surface area (Å²) in [7, 11) is -3.48. The molecule has 4 rings (SSSR count). The molecule has 1 saturated heterocycles. The Morgan fingerprint density at radius 3 is 2.42 bits per heavy atom. The molecular formula is C23H23N3O6S. The molecule has 0 radical (unpaired) electrons. The normalized spacial score (nSPS) is 18.5. The van der Waals surface area contributed by atoms with E-state index in [-0.39, 0.29) is 33.6 Å². The zero-order valence-corrected chi connectivity index (χ0v) is 18.8. The standard InChI is InChI=1S/C23H23N3O6S/c1-2-33(31,32)18-5-3-4-14(11-18)21(28)25-22(29)15-6-7-16-12-26(13-17(16)10-15)19-8-9-20(27)24-23(19)30/h3-7,10-11,19H,2,8-9,12-13H2,1H3,(H,24,27,30)(H,25,28,29). The van der Waals surface area contributed by atoms with E-state index >= 15 is 0 Å². The van der Waals surface area contributed by atoms with Gasteiger partial charge in [-0.3, -0.25) is 34.7 Å². The molecule has 1 unspecified atom stereocenters. The number of nitrogens with zero attached hydrogens (tertiary/aromatic N) is 1. The molecule has 2 aliphatic rings. The van der Waals surface area contributed by atoms with Gasteiger partial charge in [-0.25, -0.2) is 8.42 Å². The van der Waals surface area contributed by atoms with Crippen molar-refractivity contribution in [3.63, 3.8) is 0 Å². The second-order valence-corrected chi connectivity index (χ2v) is 10.3. The topological polar surface area (TPSA) is 130 Å². The molecule has 0 spiro atoms. The van der Waals surface area contributed by atoms with Gasteiger partial charge < -0.3 is 0 Å². The van der Waals surface area contributed by atoms with Crippen LogP contribution in [0.3, 0.4) is 0 Å². The monoisotopic (exact) mass is 469 g/mol. The lowest BCUT2D eigenvalue weighted by Gasteiger charge is -2.29. The number of sulfone groups is 1. The summed E-state index contributed by atoms with van der Waals surface area (Å²) in [4.78, 5) is 50.8. The van der Waals surface area contributed by atoms with E-state index in [2.05, 4.69) is 10.6 Å². The van der Waals surface area contributed by atoms with Gasteiger partial charge in [0, 0.05) is 30.6 Å². The Kier molecular flexibility index (Phi) is 6.13. The van der Waals surface area contributed by atoms with Gasteiger partial charge in [-0.1, -0.05) is 19.1 Å². The van der Waals surface area contributed by atoms with Crippen LogP contribution in [0.25, 0.3) is 0 Å². The number of piperidine rings is 1. The molecule has 0 bridgehead atoms. The average Bonchev–Trinajstić information content (AvgIpc) is 3.22. The fraction of sp³-hybridized carbons (Fsp3) is 0.304. The molecule has 2 aromatic carbocycles. The molecule has 1 atom stereocenters. The molecule has 4 amide bonds. The quantitative estimate of drug-likeness (QED) is 0.629. The predicted octanol–water partition coefficient (Wildman–Crippen LogP) is 1.17. The van der Waals surface area contributed by atoms with Gasteiger partial charge in [-0.05, 0) is 47.9 Å². The first-order chi connectivity index (χ1) is 15.7. The molecule has 2 aromatic rings. The van der Waals surface area contributed by atoms with Crippen LogP contribution in [0, 0.1) is 0 Å². The van der Waals surface area contributed by atoms with E-state index in [0.29, 0.717) is 25.9 Å². The number of imide groups is 2. The van der Waals surface area contributed by atoms with Crippen molar-refractivity contribution in [3.8, 4) is 0 Å². The summed E-state index contributed by atoms with van der Waals surface area (Å²) in [6.45, 7) is 2.50. The third-order valence-electron chi connectivity index (χ3n) is 5.93. The van der Waals surface area contributed by atoms with Crippen molar-refractivity contribution in [1.82, 2.24) is 15.5 Å². The number of carbonyl (C=O) groups excluding carboxylic acids is 4. The summed E-state index contributed by atoms with van der Waals surface area (Å²) < 4.78 is 24.1. The van der Waals surface area contributed by atoms with Crippen LogP contribution < -0.4 is 10.6 Å². The van der Waals surface area contributed by atoms with Crippen molar-refractivity contribution in [2.45, 2.75) is 43.8 Å². The summed E-state index contributed by atoms with van der Waals surface area (Å²) in [5.74, 6) is -1.98. The third-order valence-corrected chi connectivity index (χ3v) is 7.66. The summed E-state index contributed by atoms with van der Waals surface area (Å²) in [5.41, 5.74) is 2.20. The van der Waals surface area contributed by atoms with Crippen molar-refractivity contribution >= 4 is 33.5 Å². The van der Waals surface area contributed by atoms with Crippen LogP contribution in [-0.4, -0.2) is 48.7 Å². The lowest BCUT2D eigenvalue weighted by molar-refractivity contribution is -0.137. The largest absolute Gasteiger partial charge is 0.295 e. The van der Waals surface area contributed by atoms with E-state index in [4.69, 9.17) is 0 Å². The smallest absolute Gasteiger partial charge is 0.258 e. The number of rotatable bonds is 5. The molecular weight excluding hydrogens is 446 g/mol. The summed E-state index contributed by atoms with van der Waals surface area (Å²) >= 11 is 0. The molecule has 9 nitrogen and oxygen atoms in total. The predicted molar refractivity (Wildman–Crippen MR) is 118 cm³/mol. The van der Waals surface area contributed by atoms with Crippen LogP contribution in [0.1, 0.15) is 51.6 Å². The summed E-state index contributed by atoms with van der Waals surface area (Å²) in [6, 6.07) is 10.2. The van der Waals surface area contributed by atoms with Crippen LogP contribution in [0.2, 0.25) is 0 Å². The van der Waals surface area contributed by atoms with Gasteiger partial charge >= 0.3 is 0 Å². The number of carbonyl (C=O) groups is 4. The molecule has 0 aliphatic carbocycles. The highest BCUT2D eigenvalue weighted by atomic mass is 32.2. The molecule has 172 valence electrons. The summed E-state index contributed by atoms with van der Waals surface area (Å²) in [5, 5.41) is 4.66. The maximum Gasteiger partial charge on any atom is 0.258 e. The molecule has 2 heterocycles. The van der Waals surface area contributed by atoms with E-state index < -0.39 is 27.7 Å². The summed E-state index contributed by atoms with van der Waals surface area (Å²) in [6.07, 6.45) is 0.743. The van der Waals surface area contributed by atoms with Crippen molar-refractivity contribution in [2.75, 3.05) is 5.75 Å². The van der Waals surface area contributed by atoms with Gasteiger partial charge in [-0.15, -0.1) is 0 Å². The highest BCUT2D eigenvalue weighted by Crippen LogP contribution is 2.28. The number of amides is 4. The lowest BCUT2D eigenvalue weighted by atomic mass is 10.0. The van der Waals surface area contributed by atoms with Crippen molar-refractivity contribution in [2.24, 2.45) is 0 Å². The second-order valence-electron chi connectivity index (χ2n) is 8.07. The van der Waals surface area contributed by atoms with E-state index in [1.807, 2.05) is 4.90 Å². The van der Waals surface area contributed by atoms with Crippen LogP contribution in [0.4, 0.5) is 0 Å². The first kappa shape index (κ1) is 22.8. The number of fused-ring (bicyclic) bond motifs is 1. The van der Waals surface area contributed by atoms with Crippen LogP contribution >= 0.6 is 0 Å². The minimum atomic E-state index is -3.48. The van der Waals surface area contributed by atoms with Crippen molar-refractivity contribution < 1.29 is 27.6 Å². The Hall–Kier alpha value is -3.37. The highest BCUT2D eigenvalue weighted by Gasteiger charge is 2.34. The van der Waals surface area contributed by atoms with Gasteiger partial charge in [0.15, 0.2) is 9.84 Å². The van der Waals surface area contributed by atoms with E-state index in [0.717, 1.165) is 11.1 Å². The molecule has 1 fully saturated rings. The van der Waals surface area contributed by atoms with Crippen molar-refractivity contribution in [1.29, 1.82) is 0 Å². The van der Waals surface area contributed by atoms with Gasteiger partial charge in [0.25, 0.3) is 11.8 Å². The number of hydrogen-bond acceptors (Lipinski definition) is 7. The van der Waals surface area contributed by atoms with Crippen LogP contribution in [0.15, 0.2) is 47.4 Å². The first-order valence-corrected chi connectivity index (χ1v) is 12.2. The lowest BCUT2D eigenvalue weighted by Crippen LogP contribution is -2.50. The Balaban J connectivity index is 1.45. The minimum absolute atomic E-state index is 0.0242. The van der Waals surface area contributed by atoms with Gasteiger partial charge in [-0.2, -0.15) is 0 Å². The number of benzene rings is 2. The molecule has 10 heteroatoms. The Bertz CT molecular complexity index is 1270. The number of hydrogen-bond donors (Lipinski definition) is 2. The minimum Gasteiger partial charge on any atom is -0.295 e. The van der Waals surface area contributed by atoms with Gasteiger partial charge in [0.2, 0.25) is 11.8 Å². The van der Waals surface area contributed by atoms with E-state index in [1.165, 1.54) is 31.2 Å². The zero-order chi connectivity index (χ0) is 23.8. The molecule has 2 aliphatic heterocycles. The number of nitrogens with one attached hydrogen (secondary N) is 2. The van der Waals surface area contributed by atoms with E-state index in [1.54, 1.807) is 18.2 Å². The molecule has 33 heavy (non-hydrogen) atoms. The fourth-order valence-corrected chi connectivity index (χ4v) is 4.98. The van der Waals surface area contributed by atoms with Gasteiger partial charge in [0.05, 0.1) is 16.7 Å². The maximum absolute atomic E-state index is 12.7. The Morgan fingerprint density at radius 2 is 1.73 bits per heavy atom. The first-order valence-electron chi connectivity index (χ1n) is 10.6. The third kappa shape index (κ3) is 4.71. The molecule has 0 aromatic heterocycles. The highest BCUT2D eigenvalue weighted by molar-refractivity contribution is 7.91. The fourth-order valence-electron chi connectivity index (χ4n) is 4.06. The molecule has 0 saturated carbocycles. The molecule has 2 N–H and O–H groups in total. The van der Waals surface area contributed by atoms with Gasteiger partial charge in [0.1, 0.15) is 0 Å². The Labute approximate surface area is 191 Å². The van der Waals surface area contributed by atoms with Crippen LogP contribution in [-0.2, 0) is 32.5 Å². The second kappa shape index (κ2) is 8.87. The Morgan fingerprint density at radius 1 is 1.03 bits per heavy atom.